The summed E-state index contributed by atoms with van der Waals surface area (Å²) in [5.41, 5.74) is 1.82. The number of rotatable bonds is 6. The molecule has 3 N–H and O–H groups in total. The van der Waals surface area contributed by atoms with Gasteiger partial charge in [0.15, 0.2) is 5.11 Å². The fourth-order valence-electron chi connectivity index (χ4n) is 2.19. The van der Waals surface area contributed by atoms with Crippen LogP contribution in [0.3, 0.4) is 0 Å². The Morgan fingerprint density at radius 3 is 2.21 bits per heavy atom. The van der Waals surface area contributed by atoms with Crippen LogP contribution in [0.25, 0.3) is 0 Å². The van der Waals surface area contributed by atoms with Gasteiger partial charge >= 0.3 is 0 Å². The molecule has 0 aliphatic rings. The molecular formula is C20H22BrN3O3S. The second kappa shape index (κ2) is 10.2. The van der Waals surface area contributed by atoms with Crippen molar-refractivity contribution in [2.24, 2.45) is 5.92 Å². The Balaban J connectivity index is 1.93. The van der Waals surface area contributed by atoms with E-state index in [2.05, 4.69) is 45.7 Å². The Morgan fingerprint density at radius 2 is 1.68 bits per heavy atom. The van der Waals surface area contributed by atoms with Crippen molar-refractivity contribution in [2.45, 2.75) is 20.8 Å². The minimum absolute atomic E-state index is 0.143. The minimum atomic E-state index is -0.330. The average molecular weight is 464 g/mol. The third-order valence-electron chi connectivity index (χ3n) is 3.46. The van der Waals surface area contributed by atoms with Gasteiger partial charge in [-0.05, 0) is 76.5 Å². The van der Waals surface area contributed by atoms with Crippen molar-refractivity contribution in [3.8, 4) is 5.75 Å². The molecule has 0 radical (unpaired) electrons. The van der Waals surface area contributed by atoms with Gasteiger partial charge in [0.05, 0.1) is 11.1 Å². The molecule has 0 aromatic heterocycles. The molecule has 2 aromatic rings. The largest absolute Gasteiger partial charge is 0.492 e. The van der Waals surface area contributed by atoms with Crippen LogP contribution in [0.5, 0.6) is 5.75 Å². The molecule has 0 saturated carbocycles. The summed E-state index contributed by atoms with van der Waals surface area (Å²) in [6, 6.07) is 12.1. The Labute approximate surface area is 178 Å². The third kappa shape index (κ3) is 6.94. The summed E-state index contributed by atoms with van der Waals surface area (Å²) in [6.07, 6.45) is 0. The van der Waals surface area contributed by atoms with Gasteiger partial charge in [0.2, 0.25) is 5.91 Å². The van der Waals surface area contributed by atoms with Crippen LogP contribution in [0.2, 0.25) is 0 Å². The van der Waals surface area contributed by atoms with Gasteiger partial charge in [0, 0.05) is 23.9 Å². The first-order valence-corrected chi connectivity index (χ1v) is 9.87. The molecule has 8 heteroatoms. The minimum Gasteiger partial charge on any atom is -0.492 e. The van der Waals surface area contributed by atoms with Crippen LogP contribution in [0.4, 0.5) is 11.4 Å². The van der Waals surface area contributed by atoms with Gasteiger partial charge in [-0.2, -0.15) is 0 Å². The molecule has 2 rings (SSSR count). The topological polar surface area (TPSA) is 79.5 Å². The maximum absolute atomic E-state index is 12.4. The molecule has 0 fully saturated rings. The normalized spacial score (nSPS) is 10.3. The van der Waals surface area contributed by atoms with E-state index in [1.165, 1.54) is 6.92 Å². The molecule has 0 unspecified atom stereocenters. The van der Waals surface area contributed by atoms with Crippen LogP contribution >= 0.6 is 28.1 Å². The van der Waals surface area contributed by atoms with Crippen molar-refractivity contribution in [3.05, 3.63) is 52.5 Å². The van der Waals surface area contributed by atoms with Gasteiger partial charge in [-0.1, -0.05) is 13.8 Å². The molecule has 148 valence electrons. The highest BCUT2D eigenvalue weighted by Gasteiger charge is 2.11. The number of thiocarbonyl (C=S) groups is 1. The number of ether oxygens (including phenoxy) is 1. The first kappa shape index (κ1) is 21.8. The number of halogens is 1. The zero-order valence-electron chi connectivity index (χ0n) is 15.8. The summed E-state index contributed by atoms with van der Waals surface area (Å²) in [6.45, 7) is 6.17. The molecule has 28 heavy (non-hydrogen) atoms. The van der Waals surface area contributed by atoms with Crippen LogP contribution in [0, 0.1) is 5.92 Å². The number of hydrogen-bond donors (Lipinski definition) is 3. The van der Waals surface area contributed by atoms with Gasteiger partial charge in [0.25, 0.3) is 5.91 Å². The monoisotopic (exact) mass is 463 g/mol. The van der Waals surface area contributed by atoms with Gasteiger partial charge < -0.3 is 15.4 Å². The number of hydrogen-bond acceptors (Lipinski definition) is 4. The quantitative estimate of drug-likeness (QED) is 0.546. The highest BCUT2D eigenvalue weighted by Crippen LogP contribution is 2.26. The number of carbonyl (C=O) groups excluding carboxylic acids is 2. The van der Waals surface area contributed by atoms with E-state index in [-0.39, 0.29) is 16.9 Å². The van der Waals surface area contributed by atoms with Crippen molar-refractivity contribution >= 4 is 56.4 Å². The zero-order valence-corrected chi connectivity index (χ0v) is 18.2. The van der Waals surface area contributed by atoms with E-state index < -0.39 is 0 Å². The van der Waals surface area contributed by atoms with Crippen LogP contribution in [0.1, 0.15) is 31.1 Å². The van der Waals surface area contributed by atoms with Crippen molar-refractivity contribution in [1.82, 2.24) is 5.32 Å². The molecule has 0 aliphatic heterocycles. The van der Waals surface area contributed by atoms with Gasteiger partial charge in [-0.3, -0.25) is 14.9 Å². The maximum Gasteiger partial charge on any atom is 0.257 e. The van der Waals surface area contributed by atoms with Gasteiger partial charge in [0.1, 0.15) is 5.75 Å². The lowest BCUT2D eigenvalue weighted by Gasteiger charge is -2.13. The summed E-state index contributed by atoms with van der Waals surface area (Å²) in [7, 11) is 0. The van der Waals surface area contributed by atoms with E-state index in [9.17, 15) is 9.59 Å². The molecule has 2 amide bonds. The van der Waals surface area contributed by atoms with Crippen molar-refractivity contribution in [3.63, 3.8) is 0 Å². The lowest BCUT2D eigenvalue weighted by atomic mass is 10.2. The van der Waals surface area contributed by atoms with Crippen molar-refractivity contribution < 1.29 is 14.3 Å². The molecule has 0 aliphatic carbocycles. The smallest absolute Gasteiger partial charge is 0.257 e. The van der Waals surface area contributed by atoms with E-state index in [0.29, 0.717) is 39.7 Å². The molecule has 0 heterocycles. The third-order valence-corrected chi connectivity index (χ3v) is 4.28. The van der Waals surface area contributed by atoms with Crippen molar-refractivity contribution in [1.29, 1.82) is 0 Å². The van der Waals surface area contributed by atoms with E-state index >= 15 is 0 Å². The summed E-state index contributed by atoms with van der Waals surface area (Å²) >= 11 is 8.62. The molecule has 0 spiro atoms. The number of amides is 2. The average Bonchev–Trinajstić information content (AvgIpc) is 2.61. The zero-order chi connectivity index (χ0) is 20.7. The summed E-state index contributed by atoms with van der Waals surface area (Å²) in [5, 5.41) is 8.43. The van der Waals surface area contributed by atoms with Gasteiger partial charge in [-0.15, -0.1) is 0 Å². The standard InChI is InChI=1S/C20H22BrN3O3S/c1-12(2)11-27-18-9-4-14(10-17(18)21)19(26)24-20(28)23-16-7-5-15(6-8-16)22-13(3)25/h4-10,12H,11H2,1-3H3,(H,22,25)(H2,23,24,26,28). The molecule has 0 bridgehead atoms. The van der Waals surface area contributed by atoms with Crippen LogP contribution < -0.4 is 20.7 Å². The number of carbonyl (C=O) groups is 2. The Hall–Kier alpha value is -2.45. The Morgan fingerprint density at radius 1 is 1.07 bits per heavy atom. The Kier molecular flexibility index (Phi) is 7.95. The SMILES string of the molecule is CC(=O)Nc1ccc(NC(=S)NC(=O)c2ccc(OCC(C)C)c(Br)c2)cc1. The molecule has 2 aromatic carbocycles. The maximum atomic E-state index is 12.4. The summed E-state index contributed by atoms with van der Waals surface area (Å²) in [5.74, 6) is 0.620. The molecule has 0 saturated heterocycles. The fraction of sp³-hybridized carbons (Fsp3) is 0.250. The number of nitrogens with one attached hydrogen (secondary N) is 3. The highest BCUT2D eigenvalue weighted by molar-refractivity contribution is 9.10. The lowest BCUT2D eigenvalue weighted by molar-refractivity contribution is -0.114. The summed E-state index contributed by atoms with van der Waals surface area (Å²) in [4.78, 5) is 23.4. The second-order valence-electron chi connectivity index (χ2n) is 6.52. The molecule has 6 nitrogen and oxygen atoms in total. The lowest BCUT2D eigenvalue weighted by Crippen LogP contribution is -2.34. The predicted molar refractivity (Wildman–Crippen MR) is 119 cm³/mol. The fourth-order valence-corrected chi connectivity index (χ4v) is 2.90. The van der Waals surface area contributed by atoms with Crippen LogP contribution in [0.15, 0.2) is 46.9 Å². The highest BCUT2D eigenvalue weighted by atomic mass is 79.9. The number of benzene rings is 2. The molecular weight excluding hydrogens is 442 g/mol. The van der Waals surface area contributed by atoms with E-state index in [4.69, 9.17) is 17.0 Å². The number of anilines is 2. The Bertz CT molecular complexity index is 869. The predicted octanol–water partition coefficient (Wildman–Crippen LogP) is 4.57. The summed E-state index contributed by atoms with van der Waals surface area (Å²) < 4.78 is 6.39. The van der Waals surface area contributed by atoms with Gasteiger partial charge in [-0.25, -0.2) is 0 Å². The van der Waals surface area contributed by atoms with E-state index in [1.807, 2.05) is 0 Å². The van der Waals surface area contributed by atoms with Crippen LogP contribution in [-0.4, -0.2) is 23.5 Å². The second-order valence-corrected chi connectivity index (χ2v) is 7.78. The van der Waals surface area contributed by atoms with E-state index in [0.717, 1.165) is 0 Å². The van der Waals surface area contributed by atoms with E-state index in [1.54, 1.807) is 42.5 Å². The first-order valence-electron chi connectivity index (χ1n) is 8.67. The first-order chi connectivity index (χ1) is 13.2. The molecule has 0 atom stereocenters. The van der Waals surface area contributed by atoms with Crippen LogP contribution in [-0.2, 0) is 4.79 Å². The van der Waals surface area contributed by atoms with Crippen molar-refractivity contribution in [2.75, 3.05) is 17.2 Å².